The number of carbonyl (C=O) groups is 2. The molecule has 0 unspecified atom stereocenters. The molecule has 1 atom stereocenters. The highest BCUT2D eigenvalue weighted by molar-refractivity contribution is 6.30. The van der Waals surface area contributed by atoms with Gasteiger partial charge in [0.1, 0.15) is 17.5 Å². The van der Waals surface area contributed by atoms with E-state index < -0.39 is 6.04 Å². The van der Waals surface area contributed by atoms with Gasteiger partial charge in [-0.3, -0.25) is 9.59 Å². The van der Waals surface area contributed by atoms with Gasteiger partial charge in [0.15, 0.2) is 0 Å². The lowest BCUT2D eigenvalue weighted by molar-refractivity contribution is -0.140. The van der Waals surface area contributed by atoms with Crippen LogP contribution in [0.1, 0.15) is 39.2 Å². The number of ether oxygens (including phenoxy) is 2. The van der Waals surface area contributed by atoms with E-state index in [1.54, 1.807) is 43.2 Å². The maximum Gasteiger partial charge on any atom is 0.242 e. The second kappa shape index (κ2) is 13.0. The number of nitrogens with zero attached hydrogens (tertiary/aromatic N) is 1. The molecule has 0 aliphatic carbocycles. The average molecular weight is 461 g/mol. The molecule has 174 valence electrons. The van der Waals surface area contributed by atoms with Crippen LogP contribution in [0.2, 0.25) is 5.02 Å². The van der Waals surface area contributed by atoms with Crippen LogP contribution in [-0.4, -0.2) is 43.0 Å². The van der Waals surface area contributed by atoms with Gasteiger partial charge in [0.2, 0.25) is 11.8 Å². The molecule has 0 saturated heterocycles. The van der Waals surface area contributed by atoms with Gasteiger partial charge in [-0.25, -0.2) is 0 Å². The number of methoxy groups -OCH3 is 1. The van der Waals surface area contributed by atoms with Crippen molar-refractivity contribution in [1.82, 2.24) is 10.2 Å². The molecule has 0 aromatic heterocycles. The maximum absolute atomic E-state index is 13.1. The van der Waals surface area contributed by atoms with Crippen LogP contribution in [0.5, 0.6) is 11.5 Å². The lowest BCUT2D eigenvalue weighted by atomic mass is 10.1. The molecule has 2 aromatic carbocycles. The van der Waals surface area contributed by atoms with Gasteiger partial charge in [-0.15, -0.1) is 0 Å². The summed E-state index contributed by atoms with van der Waals surface area (Å²) in [5, 5.41) is 3.57. The number of amides is 2. The van der Waals surface area contributed by atoms with Crippen molar-refractivity contribution in [2.45, 2.75) is 46.2 Å². The van der Waals surface area contributed by atoms with E-state index in [2.05, 4.69) is 5.32 Å². The number of hydrogen-bond donors (Lipinski definition) is 1. The van der Waals surface area contributed by atoms with E-state index in [0.717, 1.165) is 5.56 Å². The lowest BCUT2D eigenvalue weighted by Gasteiger charge is -2.29. The topological polar surface area (TPSA) is 67.9 Å². The molecule has 2 aromatic rings. The first-order chi connectivity index (χ1) is 15.3. The number of rotatable bonds is 12. The molecule has 0 spiro atoms. The van der Waals surface area contributed by atoms with E-state index in [0.29, 0.717) is 48.6 Å². The molecule has 2 rings (SSSR count). The Bertz CT molecular complexity index is 871. The van der Waals surface area contributed by atoms with E-state index in [-0.39, 0.29) is 18.2 Å². The fourth-order valence-electron chi connectivity index (χ4n) is 3.09. The van der Waals surface area contributed by atoms with E-state index in [1.807, 2.05) is 38.1 Å². The Labute approximate surface area is 195 Å². The summed E-state index contributed by atoms with van der Waals surface area (Å²) in [6.45, 7) is 7.12. The summed E-state index contributed by atoms with van der Waals surface area (Å²) in [6, 6.07) is 14.0. The van der Waals surface area contributed by atoms with E-state index >= 15 is 0 Å². The van der Waals surface area contributed by atoms with Crippen molar-refractivity contribution >= 4 is 23.4 Å². The highest BCUT2D eigenvalue weighted by atomic mass is 35.5. The minimum Gasteiger partial charge on any atom is -0.497 e. The van der Waals surface area contributed by atoms with Crippen LogP contribution in [0.15, 0.2) is 48.5 Å². The van der Waals surface area contributed by atoms with Crippen molar-refractivity contribution < 1.29 is 19.1 Å². The summed E-state index contributed by atoms with van der Waals surface area (Å²) < 4.78 is 11.0. The highest BCUT2D eigenvalue weighted by Gasteiger charge is 2.26. The lowest BCUT2D eigenvalue weighted by Crippen LogP contribution is -2.48. The van der Waals surface area contributed by atoms with Gasteiger partial charge >= 0.3 is 0 Å². The predicted octanol–water partition coefficient (Wildman–Crippen LogP) is 4.70. The quantitative estimate of drug-likeness (QED) is 0.466. The SMILES string of the molecule is COc1cccc(CN(C(=O)CCCOc2ccc(Cl)cc2)[C@H](C)C(=O)NCC(C)C)c1. The Morgan fingerprint density at radius 3 is 2.44 bits per heavy atom. The van der Waals surface area contributed by atoms with Crippen LogP contribution in [0.25, 0.3) is 0 Å². The zero-order valence-corrected chi connectivity index (χ0v) is 20.0. The smallest absolute Gasteiger partial charge is 0.242 e. The van der Waals surface area contributed by atoms with Crippen LogP contribution in [0.4, 0.5) is 0 Å². The van der Waals surface area contributed by atoms with Crippen molar-refractivity contribution in [2.75, 3.05) is 20.3 Å². The minimum atomic E-state index is -0.593. The number of benzene rings is 2. The van der Waals surface area contributed by atoms with E-state index in [1.165, 1.54) is 0 Å². The Morgan fingerprint density at radius 1 is 1.06 bits per heavy atom. The first kappa shape index (κ1) is 25.5. The Balaban J connectivity index is 2.01. The van der Waals surface area contributed by atoms with Gasteiger partial charge < -0.3 is 19.7 Å². The average Bonchev–Trinajstić information content (AvgIpc) is 2.79. The molecule has 0 bridgehead atoms. The second-order valence-corrected chi connectivity index (χ2v) is 8.53. The van der Waals surface area contributed by atoms with Crippen molar-refractivity contribution in [3.63, 3.8) is 0 Å². The molecule has 6 nitrogen and oxygen atoms in total. The Hall–Kier alpha value is -2.73. The van der Waals surface area contributed by atoms with Crippen molar-refractivity contribution in [3.8, 4) is 11.5 Å². The number of nitrogens with one attached hydrogen (secondary N) is 1. The summed E-state index contributed by atoms with van der Waals surface area (Å²) in [6.07, 6.45) is 0.815. The monoisotopic (exact) mass is 460 g/mol. The predicted molar refractivity (Wildman–Crippen MR) is 127 cm³/mol. The zero-order chi connectivity index (χ0) is 23.5. The van der Waals surface area contributed by atoms with Crippen LogP contribution in [0, 0.1) is 5.92 Å². The molecule has 0 fully saturated rings. The standard InChI is InChI=1S/C25H33ClN2O4/c1-18(2)16-27-25(30)19(3)28(17-20-7-5-8-23(15-20)31-4)24(29)9-6-14-32-22-12-10-21(26)11-13-22/h5,7-8,10-13,15,18-19H,6,9,14,16-17H2,1-4H3,(H,27,30)/t19-/m1/s1. The molecule has 0 aliphatic rings. The van der Waals surface area contributed by atoms with Crippen LogP contribution in [-0.2, 0) is 16.1 Å². The highest BCUT2D eigenvalue weighted by Crippen LogP contribution is 2.18. The second-order valence-electron chi connectivity index (χ2n) is 8.09. The first-order valence-electron chi connectivity index (χ1n) is 10.9. The van der Waals surface area contributed by atoms with Crippen LogP contribution >= 0.6 is 11.6 Å². The third-order valence-corrected chi connectivity index (χ3v) is 5.21. The van der Waals surface area contributed by atoms with E-state index in [4.69, 9.17) is 21.1 Å². The third-order valence-electron chi connectivity index (χ3n) is 4.96. The van der Waals surface area contributed by atoms with Crippen molar-refractivity contribution in [1.29, 1.82) is 0 Å². The van der Waals surface area contributed by atoms with Gasteiger partial charge in [-0.05, 0) is 61.2 Å². The van der Waals surface area contributed by atoms with Gasteiger partial charge in [-0.1, -0.05) is 37.6 Å². The first-order valence-corrected chi connectivity index (χ1v) is 11.3. The number of halogens is 1. The largest absolute Gasteiger partial charge is 0.497 e. The molecule has 2 amide bonds. The molecule has 32 heavy (non-hydrogen) atoms. The van der Waals surface area contributed by atoms with E-state index in [9.17, 15) is 9.59 Å². The Morgan fingerprint density at radius 2 is 1.78 bits per heavy atom. The van der Waals surface area contributed by atoms with Crippen LogP contribution in [0.3, 0.4) is 0 Å². The molecular formula is C25H33ClN2O4. The van der Waals surface area contributed by atoms with Gasteiger partial charge in [0.05, 0.1) is 13.7 Å². The Kier molecular flexibility index (Phi) is 10.3. The van der Waals surface area contributed by atoms with Crippen molar-refractivity contribution in [3.05, 3.63) is 59.1 Å². The van der Waals surface area contributed by atoms with Gasteiger partial charge in [-0.2, -0.15) is 0 Å². The van der Waals surface area contributed by atoms with Crippen LogP contribution < -0.4 is 14.8 Å². The fourth-order valence-corrected chi connectivity index (χ4v) is 3.22. The maximum atomic E-state index is 13.1. The number of hydrogen-bond acceptors (Lipinski definition) is 4. The molecule has 0 radical (unpaired) electrons. The molecule has 0 saturated carbocycles. The summed E-state index contributed by atoms with van der Waals surface area (Å²) in [5.74, 6) is 1.49. The molecule has 0 heterocycles. The van der Waals surface area contributed by atoms with Gasteiger partial charge in [0.25, 0.3) is 0 Å². The van der Waals surface area contributed by atoms with Gasteiger partial charge in [0, 0.05) is 24.5 Å². The molecule has 1 N–H and O–H groups in total. The summed E-state index contributed by atoms with van der Waals surface area (Å²) in [5.41, 5.74) is 0.902. The summed E-state index contributed by atoms with van der Waals surface area (Å²) >= 11 is 5.88. The molecular weight excluding hydrogens is 428 g/mol. The normalized spacial score (nSPS) is 11.7. The fraction of sp³-hybridized carbons (Fsp3) is 0.440. The summed E-state index contributed by atoms with van der Waals surface area (Å²) in [4.78, 5) is 27.4. The van der Waals surface area contributed by atoms with Crippen molar-refractivity contribution in [2.24, 2.45) is 5.92 Å². The summed E-state index contributed by atoms with van der Waals surface area (Å²) in [7, 11) is 1.60. The molecule has 0 aliphatic heterocycles. The number of carbonyl (C=O) groups excluding carboxylic acids is 2. The third kappa shape index (κ3) is 8.42. The zero-order valence-electron chi connectivity index (χ0n) is 19.3. The molecule has 7 heteroatoms. The minimum absolute atomic E-state index is 0.0975.